The average molecular weight is 272 g/mol. The average Bonchev–Trinajstić information content (AvgIpc) is 2.37. The molecule has 1 saturated heterocycles. The molecular weight excluding hydrogens is 253 g/mol. The van der Waals surface area contributed by atoms with Gasteiger partial charge in [0, 0.05) is 24.8 Å². The molecule has 1 aromatic rings. The van der Waals surface area contributed by atoms with Gasteiger partial charge in [-0.25, -0.2) is 0 Å². The van der Waals surface area contributed by atoms with Crippen LogP contribution in [0.25, 0.3) is 0 Å². The third kappa shape index (κ3) is 3.41. The summed E-state index contributed by atoms with van der Waals surface area (Å²) < 4.78 is 37.5. The van der Waals surface area contributed by atoms with Gasteiger partial charge in [0.15, 0.2) is 0 Å². The maximum atomic E-state index is 12.5. The molecule has 1 aromatic carbocycles. The third-order valence-electron chi connectivity index (χ3n) is 3.71. The Morgan fingerprint density at radius 1 is 1.21 bits per heavy atom. The van der Waals surface area contributed by atoms with E-state index in [4.69, 9.17) is 5.73 Å². The van der Waals surface area contributed by atoms with Gasteiger partial charge in [-0.3, -0.25) is 0 Å². The molecule has 2 nitrogen and oxygen atoms in total. The molecule has 1 heterocycles. The van der Waals surface area contributed by atoms with Crippen LogP contribution >= 0.6 is 0 Å². The maximum absolute atomic E-state index is 12.5. The molecule has 0 amide bonds. The smallest absolute Gasteiger partial charge is 0.370 e. The number of alkyl halides is 3. The number of nitrogens with zero attached hydrogens (tertiary/aromatic N) is 1. The van der Waals surface area contributed by atoms with Crippen molar-refractivity contribution in [3.8, 4) is 0 Å². The van der Waals surface area contributed by atoms with Crippen molar-refractivity contribution in [1.29, 1.82) is 0 Å². The number of hydrogen-bond acceptors (Lipinski definition) is 2. The standard InChI is InChI=1S/C14H19F3N2/c1-2-10-7-12(18)9-19(8-10)13-5-3-11(4-6-13)14(15,16)17/h3-6,10,12H,2,7-9,18H2,1H3. The van der Waals surface area contributed by atoms with Crippen LogP contribution in [-0.4, -0.2) is 19.1 Å². The lowest BCUT2D eigenvalue weighted by Gasteiger charge is -2.37. The van der Waals surface area contributed by atoms with Crippen LogP contribution in [0.15, 0.2) is 24.3 Å². The second-order valence-corrected chi connectivity index (χ2v) is 5.22. The molecule has 106 valence electrons. The fraction of sp³-hybridized carbons (Fsp3) is 0.571. The Kier molecular flexibility index (Phi) is 4.04. The van der Waals surface area contributed by atoms with E-state index >= 15 is 0 Å². The zero-order chi connectivity index (χ0) is 14.0. The van der Waals surface area contributed by atoms with Gasteiger partial charge in [-0.15, -0.1) is 0 Å². The molecule has 1 fully saturated rings. The van der Waals surface area contributed by atoms with Gasteiger partial charge in [0.05, 0.1) is 5.56 Å². The Morgan fingerprint density at radius 3 is 2.37 bits per heavy atom. The van der Waals surface area contributed by atoms with Crippen molar-refractivity contribution in [2.45, 2.75) is 32.0 Å². The number of hydrogen-bond donors (Lipinski definition) is 1. The molecule has 2 N–H and O–H groups in total. The third-order valence-corrected chi connectivity index (χ3v) is 3.71. The van der Waals surface area contributed by atoms with Gasteiger partial charge in [0.1, 0.15) is 0 Å². The predicted octanol–water partition coefficient (Wildman–Crippen LogP) is 3.27. The van der Waals surface area contributed by atoms with E-state index in [1.165, 1.54) is 12.1 Å². The van der Waals surface area contributed by atoms with Crippen LogP contribution in [0.4, 0.5) is 18.9 Å². The SMILES string of the molecule is CCC1CC(N)CN(c2ccc(C(F)(F)F)cc2)C1. The molecule has 0 spiro atoms. The van der Waals surface area contributed by atoms with E-state index in [0.29, 0.717) is 12.5 Å². The number of piperidine rings is 1. The van der Waals surface area contributed by atoms with Crippen molar-refractivity contribution in [1.82, 2.24) is 0 Å². The first-order chi connectivity index (χ1) is 8.90. The zero-order valence-electron chi connectivity index (χ0n) is 11.0. The van der Waals surface area contributed by atoms with Crippen molar-refractivity contribution >= 4 is 5.69 Å². The lowest BCUT2D eigenvalue weighted by molar-refractivity contribution is -0.137. The number of nitrogens with two attached hydrogens (primary N) is 1. The minimum atomic E-state index is -4.28. The summed E-state index contributed by atoms with van der Waals surface area (Å²) in [6.45, 7) is 3.70. The van der Waals surface area contributed by atoms with Crippen LogP contribution in [0.2, 0.25) is 0 Å². The summed E-state index contributed by atoms with van der Waals surface area (Å²) in [6.07, 6.45) is -2.23. The Balaban J connectivity index is 2.13. The van der Waals surface area contributed by atoms with Crippen LogP contribution in [-0.2, 0) is 6.18 Å². The maximum Gasteiger partial charge on any atom is 0.416 e. The highest BCUT2D eigenvalue weighted by atomic mass is 19.4. The fourth-order valence-electron chi connectivity index (χ4n) is 2.61. The highest BCUT2D eigenvalue weighted by Gasteiger charge is 2.30. The number of halogens is 3. The summed E-state index contributed by atoms with van der Waals surface area (Å²) in [5.74, 6) is 0.519. The van der Waals surface area contributed by atoms with E-state index in [1.54, 1.807) is 0 Å². The molecule has 0 radical (unpaired) electrons. The Labute approximate surface area is 111 Å². The first-order valence-corrected chi connectivity index (χ1v) is 6.58. The van der Waals surface area contributed by atoms with E-state index in [9.17, 15) is 13.2 Å². The van der Waals surface area contributed by atoms with Crippen molar-refractivity contribution in [2.24, 2.45) is 11.7 Å². The summed E-state index contributed by atoms with van der Waals surface area (Å²) in [4.78, 5) is 2.09. The molecule has 1 aliphatic heterocycles. The summed E-state index contributed by atoms with van der Waals surface area (Å²) in [7, 11) is 0. The van der Waals surface area contributed by atoms with Gasteiger partial charge in [0.2, 0.25) is 0 Å². The Morgan fingerprint density at radius 2 is 1.84 bits per heavy atom. The molecule has 1 aliphatic rings. The lowest BCUT2D eigenvalue weighted by atomic mass is 9.92. The highest BCUT2D eigenvalue weighted by molar-refractivity contribution is 5.48. The topological polar surface area (TPSA) is 29.3 Å². The van der Waals surface area contributed by atoms with Gasteiger partial charge < -0.3 is 10.6 Å². The van der Waals surface area contributed by atoms with E-state index in [-0.39, 0.29) is 6.04 Å². The Bertz CT molecular complexity index is 414. The first-order valence-electron chi connectivity index (χ1n) is 6.58. The molecule has 2 atom stereocenters. The van der Waals surface area contributed by atoms with Crippen LogP contribution in [0.3, 0.4) is 0 Å². The monoisotopic (exact) mass is 272 g/mol. The number of benzene rings is 1. The van der Waals surface area contributed by atoms with Crippen molar-refractivity contribution < 1.29 is 13.2 Å². The van der Waals surface area contributed by atoms with Crippen molar-refractivity contribution in [3.05, 3.63) is 29.8 Å². The van der Waals surface area contributed by atoms with Crippen molar-refractivity contribution in [2.75, 3.05) is 18.0 Å². The molecule has 0 aliphatic carbocycles. The lowest BCUT2D eigenvalue weighted by Crippen LogP contribution is -2.47. The minimum Gasteiger partial charge on any atom is -0.370 e. The fourth-order valence-corrected chi connectivity index (χ4v) is 2.61. The van der Waals surface area contributed by atoms with Crippen LogP contribution in [0.1, 0.15) is 25.3 Å². The molecule has 0 saturated carbocycles. The summed E-state index contributed by atoms with van der Waals surface area (Å²) in [6, 6.07) is 5.44. The summed E-state index contributed by atoms with van der Waals surface area (Å²) >= 11 is 0. The van der Waals surface area contributed by atoms with Crippen molar-refractivity contribution in [3.63, 3.8) is 0 Å². The second kappa shape index (κ2) is 5.41. The van der Waals surface area contributed by atoms with E-state index in [0.717, 1.165) is 37.2 Å². The van der Waals surface area contributed by atoms with Crippen LogP contribution in [0.5, 0.6) is 0 Å². The van der Waals surface area contributed by atoms with E-state index in [1.807, 2.05) is 0 Å². The molecule has 2 unspecified atom stereocenters. The van der Waals surface area contributed by atoms with Crippen LogP contribution in [0, 0.1) is 5.92 Å². The minimum absolute atomic E-state index is 0.0981. The van der Waals surface area contributed by atoms with Gasteiger partial charge in [-0.2, -0.15) is 13.2 Å². The quantitative estimate of drug-likeness (QED) is 0.895. The Hall–Kier alpha value is -1.23. The summed E-state index contributed by atoms with van der Waals surface area (Å²) in [5, 5.41) is 0. The second-order valence-electron chi connectivity index (χ2n) is 5.22. The normalized spacial score (nSPS) is 24.6. The molecule has 2 rings (SSSR count). The molecule has 0 bridgehead atoms. The molecule has 5 heteroatoms. The highest BCUT2D eigenvalue weighted by Crippen LogP contribution is 2.31. The molecule has 0 aromatic heterocycles. The van der Waals surface area contributed by atoms with E-state index in [2.05, 4.69) is 11.8 Å². The van der Waals surface area contributed by atoms with E-state index < -0.39 is 11.7 Å². The zero-order valence-corrected chi connectivity index (χ0v) is 11.0. The van der Waals surface area contributed by atoms with Crippen LogP contribution < -0.4 is 10.6 Å². The summed E-state index contributed by atoms with van der Waals surface area (Å²) in [5.41, 5.74) is 6.22. The van der Waals surface area contributed by atoms with Gasteiger partial charge in [-0.1, -0.05) is 13.3 Å². The number of rotatable bonds is 2. The van der Waals surface area contributed by atoms with Gasteiger partial charge in [-0.05, 0) is 36.6 Å². The largest absolute Gasteiger partial charge is 0.416 e. The van der Waals surface area contributed by atoms with Gasteiger partial charge >= 0.3 is 6.18 Å². The predicted molar refractivity (Wildman–Crippen MR) is 70.0 cm³/mol. The first kappa shape index (κ1) is 14.2. The molecular formula is C14H19F3N2. The molecule has 19 heavy (non-hydrogen) atoms. The van der Waals surface area contributed by atoms with Gasteiger partial charge in [0.25, 0.3) is 0 Å². The number of anilines is 1.